The Morgan fingerprint density at radius 2 is 0.971 bits per heavy atom. The van der Waals surface area contributed by atoms with Gasteiger partial charge in [-0.25, -0.2) is 0 Å². The zero-order valence-electron chi connectivity index (χ0n) is 20.2. The third kappa shape index (κ3) is 6.82. The van der Waals surface area contributed by atoms with Gasteiger partial charge < -0.3 is 10.6 Å². The van der Waals surface area contributed by atoms with E-state index in [1.807, 2.05) is 48.5 Å². The molecule has 2 aromatic rings. The number of carbonyl (C=O) groups excluding carboxylic acids is 2. The first-order chi connectivity index (χ1) is 16.5. The molecule has 0 aromatic heterocycles. The third-order valence-electron chi connectivity index (χ3n) is 7.28. The minimum Gasteiger partial charge on any atom is -0.325 e. The lowest BCUT2D eigenvalue weighted by Gasteiger charge is -2.25. The number of hydrogen-bond donors (Lipinski definition) is 2. The number of benzene rings is 2. The van der Waals surface area contributed by atoms with Crippen LogP contribution in [0.2, 0.25) is 0 Å². The van der Waals surface area contributed by atoms with Crippen LogP contribution in [0.25, 0.3) is 0 Å². The molecule has 34 heavy (non-hydrogen) atoms. The Hall–Kier alpha value is -1.92. The summed E-state index contributed by atoms with van der Waals surface area (Å²) < 4.78 is 0. The molecule has 2 amide bonds. The van der Waals surface area contributed by atoms with E-state index >= 15 is 0 Å². The molecule has 0 radical (unpaired) electrons. The minimum absolute atomic E-state index is 0.112. The van der Waals surface area contributed by atoms with Crippen molar-refractivity contribution in [1.82, 2.24) is 0 Å². The van der Waals surface area contributed by atoms with Gasteiger partial charge in [0.1, 0.15) is 0 Å². The Morgan fingerprint density at radius 1 is 0.618 bits per heavy atom. The van der Waals surface area contributed by atoms with Gasteiger partial charge >= 0.3 is 0 Å². The van der Waals surface area contributed by atoms with E-state index in [2.05, 4.69) is 24.5 Å². The van der Waals surface area contributed by atoms with Crippen molar-refractivity contribution in [1.29, 1.82) is 0 Å². The van der Waals surface area contributed by atoms with Crippen LogP contribution in [0.3, 0.4) is 0 Å². The summed E-state index contributed by atoms with van der Waals surface area (Å²) in [4.78, 5) is 27.8. The number of amides is 2. The molecule has 0 unspecified atom stereocenters. The summed E-state index contributed by atoms with van der Waals surface area (Å²) in [6.07, 6.45) is 8.43. The van der Waals surface area contributed by atoms with Gasteiger partial charge in [0.15, 0.2) is 0 Å². The fourth-order valence-electron chi connectivity index (χ4n) is 4.89. The SMILES string of the molecule is CC1CCC(C(=O)Nc2ccccc2SSc2ccccc2NC(=O)C2CCC(C)CC2)CC1. The van der Waals surface area contributed by atoms with Gasteiger partial charge in [-0.15, -0.1) is 0 Å². The molecule has 2 aromatic carbocycles. The normalized spacial score (nSPS) is 24.9. The third-order valence-corrected chi connectivity index (χ3v) is 9.77. The predicted molar refractivity (Wildman–Crippen MR) is 144 cm³/mol. The highest BCUT2D eigenvalue weighted by molar-refractivity contribution is 8.76. The number of rotatable bonds is 7. The summed E-state index contributed by atoms with van der Waals surface area (Å²) in [7, 11) is 3.23. The fraction of sp³-hybridized carbons (Fsp3) is 0.500. The highest BCUT2D eigenvalue weighted by atomic mass is 33.1. The van der Waals surface area contributed by atoms with Crippen molar-refractivity contribution in [3.05, 3.63) is 48.5 Å². The Kier molecular flexibility index (Phi) is 9.01. The van der Waals surface area contributed by atoms with Crippen LogP contribution in [0, 0.1) is 23.7 Å². The summed E-state index contributed by atoms with van der Waals surface area (Å²) in [5.74, 6) is 1.95. The van der Waals surface area contributed by atoms with E-state index in [1.54, 1.807) is 21.6 Å². The van der Waals surface area contributed by atoms with Gasteiger partial charge in [-0.05, 0) is 87.5 Å². The molecule has 0 heterocycles. The number of para-hydroxylation sites is 2. The molecular formula is C28H36N2O2S2. The second-order valence-corrected chi connectivity index (χ2v) is 12.3. The van der Waals surface area contributed by atoms with Crippen LogP contribution >= 0.6 is 21.6 Å². The summed E-state index contributed by atoms with van der Waals surface area (Å²) >= 11 is 0. The zero-order chi connectivity index (χ0) is 23.9. The lowest BCUT2D eigenvalue weighted by molar-refractivity contribution is -0.121. The molecule has 2 aliphatic carbocycles. The van der Waals surface area contributed by atoms with Crippen molar-refractivity contribution < 1.29 is 9.59 Å². The van der Waals surface area contributed by atoms with Crippen molar-refractivity contribution in [2.75, 3.05) is 10.6 Å². The largest absolute Gasteiger partial charge is 0.325 e. The highest BCUT2D eigenvalue weighted by Crippen LogP contribution is 2.44. The van der Waals surface area contributed by atoms with E-state index in [4.69, 9.17) is 0 Å². The summed E-state index contributed by atoms with van der Waals surface area (Å²) in [5.41, 5.74) is 1.72. The van der Waals surface area contributed by atoms with Gasteiger partial charge in [0, 0.05) is 21.6 Å². The number of anilines is 2. The molecule has 2 aliphatic rings. The molecule has 0 spiro atoms. The fourth-order valence-corrected chi connectivity index (χ4v) is 7.17. The van der Waals surface area contributed by atoms with Crippen LogP contribution in [-0.4, -0.2) is 11.8 Å². The monoisotopic (exact) mass is 496 g/mol. The average molecular weight is 497 g/mol. The van der Waals surface area contributed by atoms with Gasteiger partial charge in [-0.2, -0.15) is 0 Å². The molecule has 0 aliphatic heterocycles. The molecule has 2 fully saturated rings. The molecule has 182 valence electrons. The van der Waals surface area contributed by atoms with E-state index in [0.717, 1.165) is 84.4 Å². The lowest BCUT2D eigenvalue weighted by atomic mass is 9.82. The molecule has 4 rings (SSSR count). The molecule has 6 heteroatoms. The van der Waals surface area contributed by atoms with Crippen molar-refractivity contribution in [3.63, 3.8) is 0 Å². The van der Waals surface area contributed by atoms with Crippen LogP contribution < -0.4 is 10.6 Å². The maximum absolute atomic E-state index is 12.9. The van der Waals surface area contributed by atoms with Gasteiger partial charge in [-0.3, -0.25) is 9.59 Å². The highest BCUT2D eigenvalue weighted by Gasteiger charge is 2.26. The summed E-state index contributed by atoms with van der Waals surface area (Å²) in [6, 6.07) is 16.0. The molecule has 0 atom stereocenters. The number of hydrogen-bond acceptors (Lipinski definition) is 4. The first kappa shape index (κ1) is 25.2. The van der Waals surface area contributed by atoms with E-state index in [0.29, 0.717) is 0 Å². The van der Waals surface area contributed by atoms with Crippen molar-refractivity contribution in [2.24, 2.45) is 23.7 Å². The number of nitrogens with one attached hydrogen (secondary N) is 2. The first-order valence-electron chi connectivity index (χ1n) is 12.6. The maximum Gasteiger partial charge on any atom is 0.227 e. The zero-order valence-corrected chi connectivity index (χ0v) is 21.9. The minimum atomic E-state index is 0.112. The molecule has 2 saturated carbocycles. The Bertz CT molecular complexity index is 900. The van der Waals surface area contributed by atoms with Gasteiger partial charge in [-0.1, -0.05) is 59.7 Å². The number of carbonyl (C=O) groups is 2. The maximum atomic E-state index is 12.9. The van der Waals surface area contributed by atoms with Crippen LogP contribution in [0.1, 0.15) is 65.2 Å². The van der Waals surface area contributed by atoms with Gasteiger partial charge in [0.05, 0.1) is 11.4 Å². The summed E-state index contributed by atoms with van der Waals surface area (Å²) in [5, 5.41) is 6.36. The predicted octanol–water partition coefficient (Wildman–Crippen LogP) is 8.02. The van der Waals surface area contributed by atoms with Crippen molar-refractivity contribution >= 4 is 44.8 Å². The van der Waals surface area contributed by atoms with Gasteiger partial charge in [0.2, 0.25) is 11.8 Å². The topological polar surface area (TPSA) is 58.2 Å². The molecule has 0 bridgehead atoms. The van der Waals surface area contributed by atoms with Crippen LogP contribution in [0.4, 0.5) is 11.4 Å². The van der Waals surface area contributed by atoms with Crippen LogP contribution in [-0.2, 0) is 9.59 Å². The molecular weight excluding hydrogens is 460 g/mol. The van der Waals surface area contributed by atoms with E-state index in [1.165, 1.54) is 0 Å². The standard InChI is InChI=1S/C28H36N2O2S2/c1-19-11-15-21(16-12-19)27(31)29-23-7-3-5-9-25(23)33-34-26-10-6-4-8-24(26)30-28(32)22-17-13-20(2)14-18-22/h3-10,19-22H,11-18H2,1-2H3,(H,29,31)(H,30,32). The lowest BCUT2D eigenvalue weighted by Crippen LogP contribution is -2.26. The van der Waals surface area contributed by atoms with Gasteiger partial charge in [0.25, 0.3) is 0 Å². The molecule has 4 nitrogen and oxygen atoms in total. The quantitative estimate of drug-likeness (QED) is 0.381. The Labute approximate surface area is 211 Å². The summed E-state index contributed by atoms with van der Waals surface area (Å²) in [6.45, 7) is 4.54. The Balaban J connectivity index is 1.38. The van der Waals surface area contributed by atoms with Crippen molar-refractivity contribution in [3.8, 4) is 0 Å². The van der Waals surface area contributed by atoms with E-state index in [-0.39, 0.29) is 23.7 Å². The average Bonchev–Trinajstić information content (AvgIpc) is 2.85. The van der Waals surface area contributed by atoms with Crippen molar-refractivity contribution in [2.45, 2.75) is 75.0 Å². The smallest absolute Gasteiger partial charge is 0.227 e. The molecule has 0 saturated heterocycles. The van der Waals surface area contributed by atoms with E-state index < -0.39 is 0 Å². The second kappa shape index (κ2) is 12.2. The second-order valence-electron chi connectivity index (χ2n) is 10.1. The Morgan fingerprint density at radius 3 is 1.35 bits per heavy atom. The molecule has 2 N–H and O–H groups in total. The van der Waals surface area contributed by atoms with Crippen LogP contribution in [0.15, 0.2) is 58.3 Å². The van der Waals surface area contributed by atoms with E-state index in [9.17, 15) is 9.59 Å². The van der Waals surface area contributed by atoms with Crippen LogP contribution in [0.5, 0.6) is 0 Å². The first-order valence-corrected chi connectivity index (χ1v) is 14.8.